The summed E-state index contributed by atoms with van der Waals surface area (Å²) in [7, 11) is 0. The molecule has 1 fully saturated rings. The van der Waals surface area contributed by atoms with E-state index in [0.29, 0.717) is 12.0 Å². The Kier molecular flexibility index (Phi) is 3.81. The second-order valence-electron chi connectivity index (χ2n) is 5.78. The van der Waals surface area contributed by atoms with Gasteiger partial charge in [-0.3, -0.25) is 0 Å². The molecule has 1 aliphatic carbocycles. The van der Waals surface area contributed by atoms with Gasteiger partial charge >= 0.3 is 0 Å². The SMILES string of the molecule is CC(C)c1ccn(-c2ccc(CNC3CC3)cc2Cl)n1. The predicted molar refractivity (Wildman–Crippen MR) is 82.5 cm³/mol. The van der Waals surface area contributed by atoms with Crippen molar-refractivity contribution in [1.82, 2.24) is 15.1 Å². The fourth-order valence-electron chi connectivity index (χ4n) is 2.18. The Morgan fingerprint density at radius 2 is 2.15 bits per heavy atom. The molecule has 1 saturated carbocycles. The molecule has 0 spiro atoms. The molecule has 0 aliphatic heterocycles. The van der Waals surface area contributed by atoms with E-state index in [1.54, 1.807) is 0 Å². The van der Waals surface area contributed by atoms with E-state index in [2.05, 4.69) is 30.3 Å². The molecule has 0 amide bonds. The number of halogens is 1. The van der Waals surface area contributed by atoms with Crippen LogP contribution in [0.4, 0.5) is 0 Å². The molecule has 20 heavy (non-hydrogen) atoms. The molecule has 1 N–H and O–H groups in total. The number of benzene rings is 1. The number of aromatic nitrogens is 2. The summed E-state index contributed by atoms with van der Waals surface area (Å²) in [6.45, 7) is 5.17. The van der Waals surface area contributed by atoms with Crippen LogP contribution in [0.2, 0.25) is 5.02 Å². The third kappa shape index (κ3) is 3.05. The summed E-state index contributed by atoms with van der Waals surface area (Å²) in [5.41, 5.74) is 3.25. The highest BCUT2D eigenvalue weighted by Crippen LogP contribution is 2.24. The summed E-state index contributed by atoms with van der Waals surface area (Å²) in [4.78, 5) is 0. The molecule has 0 atom stereocenters. The zero-order chi connectivity index (χ0) is 14.1. The van der Waals surface area contributed by atoms with Crippen molar-refractivity contribution in [3.05, 3.63) is 46.7 Å². The van der Waals surface area contributed by atoms with E-state index in [9.17, 15) is 0 Å². The molecule has 1 aromatic carbocycles. The molecule has 3 nitrogen and oxygen atoms in total. The standard InChI is InChI=1S/C16H20ClN3/c1-11(2)15-7-8-20(19-15)16-6-3-12(9-14(16)17)10-18-13-4-5-13/h3,6-9,11,13,18H,4-5,10H2,1-2H3. The number of hydrogen-bond donors (Lipinski definition) is 1. The van der Waals surface area contributed by atoms with Crippen LogP contribution in [0.15, 0.2) is 30.5 Å². The molecule has 1 aliphatic rings. The quantitative estimate of drug-likeness (QED) is 0.905. The first-order valence-electron chi connectivity index (χ1n) is 7.21. The largest absolute Gasteiger partial charge is 0.310 e. The zero-order valence-electron chi connectivity index (χ0n) is 11.9. The Bertz CT molecular complexity index is 600. The zero-order valence-corrected chi connectivity index (χ0v) is 12.7. The fourth-order valence-corrected chi connectivity index (χ4v) is 2.47. The third-order valence-corrected chi connectivity index (χ3v) is 3.94. The van der Waals surface area contributed by atoms with Gasteiger partial charge in [-0.1, -0.05) is 31.5 Å². The maximum atomic E-state index is 6.40. The van der Waals surface area contributed by atoms with Gasteiger partial charge in [-0.05, 0) is 42.5 Å². The van der Waals surface area contributed by atoms with E-state index in [4.69, 9.17) is 11.6 Å². The molecule has 3 rings (SSSR count). The van der Waals surface area contributed by atoms with Crippen molar-refractivity contribution in [3.63, 3.8) is 0 Å². The van der Waals surface area contributed by atoms with Crippen molar-refractivity contribution in [2.75, 3.05) is 0 Å². The average molecular weight is 290 g/mol. The fraction of sp³-hybridized carbons (Fsp3) is 0.438. The summed E-state index contributed by atoms with van der Waals surface area (Å²) in [5, 5.41) is 8.82. The van der Waals surface area contributed by atoms with Crippen LogP contribution in [0.3, 0.4) is 0 Å². The van der Waals surface area contributed by atoms with Crippen molar-refractivity contribution in [3.8, 4) is 5.69 Å². The lowest BCUT2D eigenvalue weighted by molar-refractivity contribution is 0.687. The molecule has 4 heteroatoms. The van der Waals surface area contributed by atoms with Crippen LogP contribution in [0, 0.1) is 0 Å². The Balaban J connectivity index is 1.78. The minimum absolute atomic E-state index is 0.428. The van der Waals surface area contributed by atoms with Crippen molar-refractivity contribution in [2.24, 2.45) is 0 Å². The Morgan fingerprint density at radius 1 is 1.35 bits per heavy atom. The Labute approximate surface area is 124 Å². The molecule has 2 aromatic rings. The topological polar surface area (TPSA) is 29.9 Å². The van der Waals surface area contributed by atoms with Crippen LogP contribution in [0.5, 0.6) is 0 Å². The predicted octanol–water partition coefficient (Wildman–Crippen LogP) is 3.90. The number of nitrogens with one attached hydrogen (secondary N) is 1. The molecule has 0 radical (unpaired) electrons. The van der Waals surface area contributed by atoms with Crippen molar-refractivity contribution >= 4 is 11.6 Å². The summed E-state index contributed by atoms with van der Waals surface area (Å²) in [6, 6.07) is 8.96. The molecule has 0 unspecified atom stereocenters. The lowest BCUT2D eigenvalue weighted by atomic mass is 10.1. The van der Waals surface area contributed by atoms with Crippen LogP contribution in [0.25, 0.3) is 5.69 Å². The van der Waals surface area contributed by atoms with Gasteiger partial charge in [0.25, 0.3) is 0 Å². The van der Waals surface area contributed by atoms with E-state index in [1.165, 1.54) is 18.4 Å². The third-order valence-electron chi connectivity index (χ3n) is 3.63. The van der Waals surface area contributed by atoms with Crippen LogP contribution in [0.1, 0.15) is 43.9 Å². The molecule has 0 bridgehead atoms. The van der Waals surface area contributed by atoms with Crippen LogP contribution in [-0.4, -0.2) is 15.8 Å². The highest BCUT2D eigenvalue weighted by molar-refractivity contribution is 6.32. The van der Waals surface area contributed by atoms with Crippen LogP contribution < -0.4 is 5.32 Å². The van der Waals surface area contributed by atoms with Crippen molar-refractivity contribution in [1.29, 1.82) is 0 Å². The van der Waals surface area contributed by atoms with Gasteiger partial charge in [-0.25, -0.2) is 4.68 Å². The van der Waals surface area contributed by atoms with E-state index in [0.717, 1.165) is 22.9 Å². The number of nitrogens with zero attached hydrogens (tertiary/aromatic N) is 2. The van der Waals surface area contributed by atoms with Crippen molar-refractivity contribution < 1.29 is 0 Å². The normalized spacial score (nSPS) is 15.0. The molecule has 0 saturated heterocycles. The van der Waals surface area contributed by atoms with Gasteiger partial charge < -0.3 is 5.32 Å². The first kappa shape index (κ1) is 13.7. The number of hydrogen-bond acceptors (Lipinski definition) is 2. The smallest absolute Gasteiger partial charge is 0.0832 e. The molecule has 1 heterocycles. The van der Waals surface area contributed by atoms with Gasteiger partial charge in [0.2, 0.25) is 0 Å². The second kappa shape index (κ2) is 5.58. The van der Waals surface area contributed by atoms with Crippen LogP contribution in [-0.2, 0) is 6.54 Å². The van der Waals surface area contributed by atoms with Gasteiger partial charge in [-0.2, -0.15) is 5.10 Å². The lowest BCUT2D eigenvalue weighted by Crippen LogP contribution is -2.15. The Hall–Kier alpha value is -1.32. The average Bonchev–Trinajstić information content (AvgIpc) is 3.11. The summed E-state index contributed by atoms with van der Waals surface area (Å²) in [6.07, 6.45) is 4.58. The van der Waals surface area contributed by atoms with E-state index < -0.39 is 0 Å². The lowest BCUT2D eigenvalue weighted by Gasteiger charge is -2.08. The van der Waals surface area contributed by atoms with Crippen molar-refractivity contribution in [2.45, 2.75) is 45.2 Å². The highest BCUT2D eigenvalue weighted by atomic mass is 35.5. The summed E-state index contributed by atoms with van der Waals surface area (Å²) >= 11 is 6.40. The Morgan fingerprint density at radius 3 is 2.75 bits per heavy atom. The van der Waals surface area contributed by atoms with Gasteiger partial charge in [0.15, 0.2) is 0 Å². The van der Waals surface area contributed by atoms with Gasteiger partial charge in [0, 0.05) is 18.8 Å². The minimum atomic E-state index is 0.428. The van der Waals surface area contributed by atoms with E-state index in [1.807, 2.05) is 29.1 Å². The summed E-state index contributed by atoms with van der Waals surface area (Å²) in [5.74, 6) is 0.428. The first-order chi connectivity index (χ1) is 9.63. The second-order valence-corrected chi connectivity index (χ2v) is 6.19. The van der Waals surface area contributed by atoms with E-state index >= 15 is 0 Å². The van der Waals surface area contributed by atoms with Crippen LogP contribution >= 0.6 is 11.6 Å². The summed E-state index contributed by atoms with van der Waals surface area (Å²) < 4.78 is 1.86. The minimum Gasteiger partial charge on any atom is -0.310 e. The molecule has 106 valence electrons. The van der Waals surface area contributed by atoms with Gasteiger partial charge in [0.05, 0.1) is 16.4 Å². The van der Waals surface area contributed by atoms with Gasteiger partial charge in [-0.15, -0.1) is 0 Å². The molecule has 1 aromatic heterocycles. The van der Waals surface area contributed by atoms with Gasteiger partial charge in [0.1, 0.15) is 0 Å². The highest BCUT2D eigenvalue weighted by Gasteiger charge is 2.20. The molecular weight excluding hydrogens is 270 g/mol. The monoisotopic (exact) mass is 289 g/mol. The van der Waals surface area contributed by atoms with E-state index in [-0.39, 0.29) is 0 Å². The number of rotatable bonds is 5. The first-order valence-corrected chi connectivity index (χ1v) is 7.59. The maximum absolute atomic E-state index is 6.40. The molecular formula is C16H20ClN3. The maximum Gasteiger partial charge on any atom is 0.0832 e.